The van der Waals surface area contributed by atoms with Gasteiger partial charge in [0.25, 0.3) is 0 Å². The molecule has 0 fully saturated rings. The average Bonchev–Trinajstić information content (AvgIpc) is 3.34. The number of hydrogen-bond acceptors (Lipinski definition) is 6. The van der Waals surface area contributed by atoms with Gasteiger partial charge in [0.1, 0.15) is 45.7 Å². The molecule has 0 N–H and O–H groups in total. The van der Waals surface area contributed by atoms with Gasteiger partial charge in [-0.1, -0.05) is 170 Å². The molecular formula is C50H40F6O6P4S2. The largest absolute Gasteiger partial charge is 0.741 e. The van der Waals surface area contributed by atoms with Crippen LogP contribution in [0.1, 0.15) is 0 Å². The average molecular weight is 1040 g/mol. The summed E-state index contributed by atoms with van der Waals surface area (Å²) in [7, 11) is -14.2. The van der Waals surface area contributed by atoms with Crippen molar-refractivity contribution >= 4 is 91.2 Å². The smallest absolute Gasteiger partial charge is 0.485 e. The van der Waals surface area contributed by atoms with E-state index in [9.17, 15) is 26.3 Å². The highest BCUT2D eigenvalue weighted by atomic mass is 32.7. The summed E-state index contributed by atoms with van der Waals surface area (Å²) < 4.78 is 118. The van der Waals surface area contributed by atoms with E-state index in [0.29, 0.717) is 0 Å². The molecule has 0 aromatic heterocycles. The van der Waals surface area contributed by atoms with Crippen LogP contribution in [0.2, 0.25) is 0 Å². The summed E-state index contributed by atoms with van der Waals surface area (Å²) in [6.45, 7) is -4.89. The molecule has 0 amide bonds. The zero-order valence-corrected chi connectivity index (χ0v) is 40.6. The standard InChI is InChI=1S/C48H40P4.2CHF3O3S/c1-9-25-41(26-10-1)49(51(43-29-13-3-14-30-43,44-31-15-4-16-32-44)45-33-17-5-18-34-45)50(42-27-11-2-12-28-42)52(46-35-19-6-20-36-46,47-37-21-7-22-38-47)48-39-23-8-24-40-48;2*2-1(3,4)8(5,6)7/h1-40H;2*(H,5,6,7)/q+2;;/p-2/t49-,50+;;. The molecular weight excluding hydrogens is 999 g/mol. The first-order chi connectivity index (χ1) is 32.3. The molecule has 0 spiro atoms. The molecule has 350 valence electrons. The van der Waals surface area contributed by atoms with Gasteiger partial charge < -0.3 is 9.11 Å². The summed E-state index contributed by atoms with van der Waals surface area (Å²) in [4.78, 5) is 0. The van der Waals surface area contributed by atoms with Crippen LogP contribution in [-0.2, 0) is 20.2 Å². The molecule has 8 rings (SSSR count). The predicted octanol–water partition coefficient (Wildman–Crippen LogP) is 10.4. The fourth-order valence-electron chi connectivity index (χ4n) is 7.36. The maximum atomic E-state index is 10.7. The summed E-state index contributed by atoms with van der Waals surface area (Å²) in [5.41, 5.74) is -11.3. The summed E-state index contributed by atoms with van der Waals surface area (Å²) in [6.07, 6.45) is 0. The van der Waals surface area contributed by atoms with Crippen LogP contribution in [0.3, 0.4) is 0 Å². The van der Waals surface area contributed by atoms with Gasteiger partial charge >= 0.3 is 11.0 Å². The van der Waals surface area contributed by atoms with Crippen molar-refractivity contribution in [3.63, 3.8) is 0 Å². The SMILES string of the molecule is O=S(=O)([O-])C(F)(F)F.O=S(=O)([O-])C(F)(F)F.c1ccc([P@]([P@](c2ccccc2)[P+](c2ccccc2)(c2ccccc2)c2ccccc2)[P+](c2ccccc2)(c2ccccc2)c2ccccc2)cc1. The molecule has 0 bridgehead atoms. The Morgan fingerprint density at radius 2 is 0.426 bits per heavy atom. The van der Waals surface area contributed by atoms with E-state index in [1.807, 2.05) is 0 Å². The maximum absolute atomic E-state index is 10.7. The van der Waals surface area contributed by atoms with E-state index < -0.39 is 59.8 Å². The second-order valence-electron chi connectivity index (χ2n) is 14.3. The van der Waals surface area contributed by atoms with Crippen molar-refractivity contribution < 1.29 is 52.3 Å². The second kappa shape index (κ2) is 22.5. The van der Waals surface area contributed by atoms with Gasteiger partial charge in [-0.25, -0.2) is 16.8 Å². The molecule has 2 atom stereocenters. The van der Waals surface area contributed by atoms with Crippen LogP contribution in [0.5, 0.6) is 0 Å². The minimum absolute atomic E-state index is 1.01. The Morgan fingerprint density at radius 1 is 0.294 bits per heavy atom. The summed E-state index contributed by atoms with van der Waals surface area (Å²) in [5.74, 6) is 0. The highest BCUT2D eigenvalue weighted by Crippen LogP contribution is 3.04. The van der Waals surface area contributed by atoms with Crippen molar-refractivity contribution in [3.05, 3.63) is 243 Å². The van der Waals surface area contributed by atoms with Crippen molar-refractivity contribution in [1.29, 1.82) is 0 Å². The molecule has 0 aliphatic heterocycles. The third kappa shape index (κ3) is 11.7. The highest BCUT2D eigenvalue weighted by Gasteiger charge is 2.67. The molecule has 0 unspecified atom stereocenters. The van der Waals surface area contributed by atoms with Crippen molar-refractivity contribution in [2.24, 2.45) is 0 Å². The number of rotatable bonds is 11. The van der Waals surface area contributed by atoms with E-state index in [0.717, 1.165) is 0 Å². The first-order valence-corrected chi connectivity index (χ1v) is 31.4. The lowest BCUT2D eigenvalue weighted by Gasteiger charge is -2.42. The van der Waals surface area contributed by atoms with Crippen molar-refractivity contribution in [2.75, 3.05) is 0 Å². The minimum Gasteiger partial charge on any atom is -0.741 e. The first-order valence-electron chi connectivity index (χ1n) is 20.2. The fraction of sp³-hybridized carbons (Fsp3) is 0.0400. The van der Waals surface area contributed by atoms with Gasteiger partial charge in [0, 0.05) is 10.6 Å². The summed E-state index contributed by atoms with van der Waals surface area (Å²) >= 11 is 0. The van der Waals surface area contributed by atoms with Gasteiger partial charge in [0.2, 0.25) is 0 Å². The Morgan fingerprint density at radius 3 is 0.559 bits per heavy atom. The van der Waals surface area contributed by atoms with E-state index in [4.69, 9.17) is 25.9 Å². The van der Waals surface area contributed by atoms with Crippen molar-refractivity contribution in [1.82, 2.24) is 0 Å². The third-order valence-corrected chi connectivity index (χ3v) is 41.2. The number of alkyl halides is 6. The van der Waals surface area contributed by atoms with Gasteiger partial charge in [-0.2, -0.15) is 26.3 Å². The van der Waals surface area contributed by atoms with E-state index in [2.05, 4.69) is 243 Å². The van der Waals surface area contributed by atoms with Crippen LogP contribution < -0.4 is 42.4 Å². The van der Waals surface area contributed by atoms with Gasteiger partial charge in [-0.3, -0.25) is 0 Å². The highest BCUT2D eigenvalue weighted by molar-refractivity contribution is 8.90. The molecule has 18 heteroatoms. The van der Waals surface area contributed by atoms with Gasteiger partial charge in [-0.15, -0.1) is 0 Å². The molecule has 8 aromatic rings. The maximum Gasteiger partial charge on any atom is 0.485 e. The van der Waals surface area contributed by atoms with Gasteiger partial charge in [-0.05, 0) is 72.8 Å². The van der Waals surface area contributed by atoms with Gasteiger partial charge in [0.15, 0.2) is 34.8 Å². The van der Waals surface area contributed by atoms with E-state index in [1.54, 1.807) is 0 Å². The second-order valence-corrected chi connectivity index (χ2v) is 35.2. The van der Waals surface area contributed by atoms with Gasteiger partial charge in [0.05, 0.1) is 0 Å². The van der Waals surface area contributed by atoms with Crippen LogP contribution in [0, 0.1) is 0 Å². The lowest BCUT2D eigenvalue weighted by molar-refractivity contribution is -0.0522. The summed E-state index contributed by atoms with van der Waals surface area (Å²) in [5, 5.41) is 11.5. The quantitative estimate of drug-likeness (QED) is 0.0552. The predicted molar refractivity (Wildman–Crippen MR) is 268 cm³/mol. The number of benzene rings is 8. The molecule has 0 aliphatic carbocycles. The molecule has 8 aromatic carbocycles. The van der Waals surface area contributed by atoms with Crippen LogP contribution in [-0.4, -0.2) is 37.0 Å². The topological polar surface area (TPSA) is 114 Å². The Balaban J connectivity index is 0.000000409. The van der Waals surface area contributed by atoms with E-state index in [-0.39, 0.29) is 0 Å². The zero-order chi connectivity index (χ0) is 49.1. The molecule has 0 saturated carbocycles. The lowest BCUT2D eigenvalue weighted by atomic mass is 10.4. The minimum atomic E-state index is -6.09. The first kappa shape index (κ1) is 52.3. The lowest BCUT2D eigenvalue weighted by Crippen LogP contribution is -2.36. The van der Waals surface area contributed by atoms with E-state index >= 15 is 0 Å². The fourth-order valence-corrected chi connectivity index (χ4v) is 47.9. The van der Waals surface area contributed by atoms with Crippen molar-refractivity contribution in [3.8, 4) is 0 Å². The molecule has 0 aliphatic rings. The van der Waals surface area contributed by atoms with Crippen LogP contribution in [0.4, 0.5) is 26.3 Å². The monoisotopic (exact) mass is 1040 g/mol. The molecule has 0 heterocycles. The van der Waals surface area contributed by atoms with Crippen LogP contribution in [0.15, 0.2) is 243 Å². The zero-order valence-electron chi connectivity index (χ0n) is 35.4. The Kier molecular flexibility index (Phi) is 17.3. The molecule has 0 saturated heterocycles. The Bertz CT molecular complexity index is 2620. The summed E-state index contributed by atoms with van der Waals surface area (Å²) in [6, 6.07) is 92.5. The van der Waals surface area contributed by atoms with Crippen LogP contribution >= 0.6 is 28.5 Å². The Hall–Kier alpha value is -5.12. The Labute approximate surface area is 395 Å². The molecule has 6 nitrogen and oxygen atoms in total. The van der Waals surface area contributed by atoms with Crippen molar-refractivity contribution in [2.45, 2.75) is 11.0 Å². The number of hydrogen-bond donors (Lipinski definition) is 0. The number of halogens is 6. The molecule has 68 heavy (non-hydrogen) atoms. The molecule has 0 radical (unpaired) electrons. The van der Waals surface area contributed by atoms with Crippen LogP contribution in [0.25, 0.3) is 0 Å². The normalized spacial score (nSPS) is 13.1. The van der Waals surface area contributed by atoms with E-state index in [1.165, 1.54) is 42.4 Å². The third-order valence-electron chi connectivity index (χ3n) is 10.1.